The summed E-state index contributed by atoms with van der Waals surface area (Å²) < 4.78 is 0. The molecule has 7 heteroatoms. The average molecular weight is 419 g/mol. The van der Waals surface area contributed by atoms with Crippen molar-refractivity contribution in [1.82, 2.24) is 24.8 Å². The Balaban J connectivity index is 1.34. The van der Waals surface area contributed by atoms with Crippen molar-refractivity contribution in [2.45, 2.75) is 38.1 Å². The number of nitrogens with one attached hydrogen (secondary N) is 2. The smallest absolute Gasteiger partial charge is 0.227 e. The van der Waals surface area contributed by atoms with Crippen LogP contribution in [-0.2, 0) is 24.2 Å². The summed E-state index contributed by atoms with van der Waals surface area (Å²) in [7, 11) is 4.06. The molecule has 2 aliphatic heterocycles. The number of likely N-dealkylation sites (tertiary alicyclic amines) is 1. The third kappa shape index (κ3) is 3.90. The van der Waals surface area contributed by atoms with Gasteiger partial charge in [0, 0.05) is 68.2 Å². The summed E-state index contributed by atoms with van der Waals surface area (Å²) in [4.78, 5) is 30.6. The highest BCUT2D eigenvalue weighted by Crippen LogP contribution is 2.30. The van der Waals surface area contributed by atoms with Crippen molar-refractivity contribution >= 4 is 22.6 Å². The number of benzene rings is 1. The molecule has 1 amide bonds. The van der Waals surface area contributed by atoms with Crippen molar-refractivity contribution < 1.29 is 4.79 Å². The number of para-hydroxylation sites is 1. The van der Waals surface area contributed by atoms with Gasteiger partial charge < -0.3 is 20.1 Å². The zero-order valence-corrected chi connectivity index (χ0v) is 18.3. The van der Waals surface area contributed by atoms with Gasteiger partial charge in [-0.1, -0.05) is 18.2 Å². The Morgan fingerprint density at radius 2 is 2.13 bits per heavy atom. The average Bonchev–Trinajstić information content (AvgIpc) is 3.21. The van der Waals surface area contributed by atoms with Crippen LogP contribution >= 0.6 is 0 Å². The van der Waals surface area contributed by atoms with Crippen LogP contribution in [0, 0.1) is 0 Å². The number of carbonyl (C=O) groups excluding carboxylic acids is 1. The van der Waals surface area contributed by atoms with E-state index in [0.29, 0.717) is 13.0 Å². The molecule has 7 nitrogen and oxygen atoms in total. The number of amides is 1. The highest BCUT2D eigenvalue weighted by atomic mass is 16.2. The largest absolute Gasteiger partial charge is 0.373 e. The summed E-state index contributed by atoms with van der Waals surface area (Å²) in [5.74, 6) is 2.20. The second kappa shape index (κ2) is 8.30. The van der Waals surface area contributed by atoms with Crippen LogP contribution in [0.2, 0.25) is 0 Å². The third-order valence-electron chi connectivity index (χ3n) is 6.66. The van der Waals surface area contributed by atoms with Crippen molar-refractivity contribution in [3.8, 4) is 0 Å². The van der Waals surface area contributed by atoms with Gasteiger partial charge in [0.2, 0.25) is 5.91 Å². The predicted molar refractivity (Wildman–Crippen MR) is 122 cm³/mol. The highest BCUT2D eigenvalue weighted by Gasteiger charge is 2.29. The van der Waals surface area contributed by atoms with E-state index in [4.69, 9.17) is 9.97 Å². The number of hydrogen-bond donors (Lipinski definition) is 2. The number of aromatic amines is 1. The number of piperidine rings is 1. The maximum absolute atomic E-state index is 13.1. The molecule has 0 radical (unpaired) electrons. The lowest BCUT2D eigenvalue weighted by atomic mass is 9.95. The lowest BCUT2D eigenvalue weighted by Gasteiger charge is -2.33. The fourth-order valence-corrected chi connectivity index (χ4v) is 4.92. The molecule has 0 spiro atoms. The standard InChI is InChI=1S/C24H30N6O/c1-25-24-19-15-29(2)11-9-21(19)27-23(28-24)16-6-5-10-30(14-16)22(31)12-17-13-26-20-8-4-3-7-18(17)20/h3-4,7-8,13,16,26H,5-6,9-12,14-15H2,1-2H3,(H,25,27,28). The Kier molecular flexibility index (Phi) is 5.36. The molecule has 1 saturated heterocycles. The van der Waals surface area contributed by atoms with Gasteiger partial charge in [-0.25, -0.2) is 9.97 Å². The van der Waals surface area contributed by atoms with Crippen LogP contribution in [-0.4, -0.2) is 64.4 Å². The van der Waals surface area contributed by atoms with Gasteiger partial charge >= 0.3 is 0 Å². The first-order valence-corrected chi connectivity index (χ1v) is 11.2. The Morgan fingerprint density at radius 1 is 1.26 bits per heavy atom. The maximum atomic E-state index is 13.1. The van der Waals surface area contributed by atoms with Crippen LogP contribution in [0.3, 0.4) is 0 Å². The number of fused-ring (bicyclic) bond motifs is 2. The van der Waals surface area contributed by atoms with Gasteiger partial charge in [0.1, 0.15) is 11.6 Å². The topological polar surface area (TPSA) is 77.1 Å². The Morgan fingerprint density at radius 3 is 3.00 bits per heavy atom. The monoisotopic (exact) mass is 418 g/mol. The Bertz CT molecular complexity index is 1090. The molecule has 0 bridgehead atoms. The van der Waals surface area contributed by atoms with E-state index in [0.717, 1.165) is 72.7 Å². The number of carbonyl (C=O) groups is 1. The molecule has 2 N–H and O–H groups in total. The minimum absolute atomic E-state index is 0.183. The second-order valence-corrected chi connectivity index (χ2v) is 8.81. The summed E-state index contributed by atoms with van der Waals surface area (Å²) in [5, 5.41) is 4.40. The quantitative estimate of drug-likeness (QED) is 0.681. The number of aromatic nitrogens is 3. The van der Waals surface area contributed by atoms with Gasteiger partial charge in [0.15, 0.2) is 0 Å². The Hall–Kier alpha value is -2.93. The van der Waals surface area contributed by atoms with Gasteiger partial charge in [-0.3, -0.25) is 4.79 Å². The van der Waals surface area contributed by atoms with Crippen LogP contribution in [0.4, 0.5) is 5.82 Å². The van der Waals surface area contributed by atoms with E-state index in [1.807, 2.05) is 36.3 Å². The van der Waals surface area contributed by atoms with Gasteiger partial charge in [-0.2, -0.15) is 0 Å². The van der Waals surface area contributed by atoms with Crippen LogP contribution in [0.1, 0.15) is 41.4 Å². The van der Waals surface area contributed by atoms with Crippen molar-refractivity contribution in [2.75, 3.05) is 39.0 Å². The molecular weight excluding hydrogens is 388 g/mol. The molecule has 162 valence electrons. The SMILES string of the molecule is CNc1nc(C2CCCN(C(=O)Cc3c[nH]c4ccccc34)C2)nc2c1CN(C)CC2. The summed E-state index contributed by atoms with van der Waals surface area (Å²) in [6.07, 6.45) is 5.36. The molecule has 0 saturated carbocycles. The number of hydrogen-bond acceptors (Lipinski definition) is 5. The molecule has 3 aromatic rings. The van der Waals surface area contributed by atoms with Crippen LogP contribution in [0.5, 0.6) is 0 Å². The molecule has 31 heavy (non-hydrogen) atoms. The minimum atomic E-state index is 0.183. The first-order chi connectivity index (χ1) is 15.1. The summed E-state index contributed by atoms with van der Waals surface area (Å²) in [6.45, 7) is 3.41. The van der Waals surface area contributed by atoms with E-state index in [1.54, 1.807) is 0 Å². The molecule has 2 aromatic heterocycles. The molecule has 4 heterocycles. The van der Waals surface area contributed by atoms with E-state index in [9.17, 15) is 4.79 Å². The lowest BCUT2D eigenvalue weighted by molar-refractivity contribution is -0.131. The second-order valence-electron chi connectivity index (χ2n) is 8.81. The first kappa shape index (κ1) is 20.0. The highest BCUT2D eigenvalue weighted by molar-refractivity contribution is 5.88. The Labute approximate surface area is 182 Å². The van der Waals surface area contributed by atoms with Crippen LogP contribution in [0.25, 0.3) is 10.9 Å². The summed E-state index contributed by atoms with van der Waals surface area (Å²) in [5.41, 5.74) is 4.52. The molecule has 1 atom stereocenters. The molecule has 1 unspecified atom stereocenters. The molecule has 5 rings (SSSR count). The van der Waals surface area contributed by atoms with E-state index < -0.39 is 0 Å². The van der Waals surface area contributed by atoms with E-state index >= 15 is 0 Å². The minimum Gasteiger partial charge on any atom is -0.373 e. The zero-order valence-electron chi connectivity index (χ0n) is 18.3. The van der Waals surface area contributed by atoms with Crippen LogP contribution in [0.15, 0.2) is 30.5 Å². The van der Waals surface area contributed by atoms with E-state index in [-0.39, 0.29) is 11.8 Å². The molecule has 1 fully saturated rings. The fourth-order valence-electron chi connectivity index (χ4n) is 4.92. The number of nitrogens with zero attached hydrogens (tertiary/aromatic N) is 4. The molecule has 1 aromatic carbocycles. The van der Waals surface area contributed by atoms with Gasteiger partial charge in [0.25, 0.3) is 0 Å². The third-order valence-corrected chi connectivity index (χ3v) is 6.66. The van der Waals surface area contributed by atoms with Gasteiger partial charge in [-0.05, 0) is 31.5 Å². The summed E-state index contributed by atoms with van der Waals surface area (Å²) >= 11 is 0. The van der Waals surface area contributed by atoms with Gasteiger partial charge in [-0.15, -0.1) is 0 Å². The van der Waals surface area contributed by atoms with Crippen molar-refractivity contribution in [2.24, 2.45) is 0 Å². The van der Waals surface area contributed by atoms with Crippen molar-refractivity contribution in [1.29, 1.82) is 0 Å². The van der Waals surface area contributed by atoms with Crippen molar-refractivity contribution in [3.05, 3.63) is 53.1 Å². The molecule has 2 aliphatic rings. The number of rotatable bonds is 4. The lowest BCUT2D eigenvalue weighted by Crippen LogP contribution is -2.40. The maximum Gasteiger partial charge on any atom is 0.227 e. The number of anilines is 1. The zero-order chi connectivity index (χ0) is 21.4. The van der Waals surface area contributed by atoms with E-state index in [2.05, 4.69) is 28.3 Å². The first-order valence-electron chi connectivity index (χ1n) is 11.2. The molecular formula is C24H30N6O. The summed E-state index contributed by atoms with van der Waals surface area (Å²) in [6, 6.07) is 8.15. The van der Waals surface area contributed by atoms with Crippen LogP contribution < -0.4 is 5.32 Å². The predicted octanol–water partition coefficient (Wildman–Crippen LogP) is 2.94. The number of likely N-dealkylation sites (N-methyl/N-ethyl adjacent to an activating group) is 1. The fraction of sp³-hybridized carbons (Fsp3) is 0.458. The molecule has 0 aliphatic carbocycles. The van der Waals surface area contributed by atoms with E-state index in [1.165, 1.54) is 5.56 Å². The van der Waals surface area contributed by atoms with Gasteiger partial charge in [0.05, 0.1) is 12.1 Å². The normalized spacial score (nSPS) is 19.4. The van der Waals surface area contributed by atoms with Crippen molar-refractivity contribution in [3.63, 3.8) is 0 Å². The number of H-pyrrole nitrogens is 1.